The first kappa shape index (κ1) is 16.2. The third kappa shape index (κ3) is 2.71. The highest BCUT2D eigenvalue weighted by Crippen LogP contribution is 2.51. The monoisotopic (exact) mass is 337 g/mol. The Morgan fingerprint density at radius 1 is 0.960 bits per heavy atom. The average Bonchev–Trinajstić information content (AvgIpc) is 3.32. The molecule has 0 spiro atoms. The average molecular weight is 337 g/mol. The van der Waals surface area contributed by atoms with Gasteiger partial charge in [0.1, 0.15) is 11.4 Å². The number of amides is 1. The minimum absolute atomic E-state index is 0.0984. The summed E-state index contributed by atoms with van der Waals surface area (Å²) in [6, 6.07) is 14.8. The molecule has 2 N–H and O–H groups in total. The molecule has 4 rings (SSSR count). The number of carbonyl (C=O) groups is 1. The maximum Gasteiger partial charge on any atom is 0.233 e. The van der Waals surface area contributed by atoms with Gasteiger partial charge >= 0.3 is 0 Å². The molecule has 1 atom stereocenters. The molecule has 4 nitrogen and oxygen atoms in total. The Labute approximate surface area is 147 Å². The van der Waals surface area contributed by atoms with Crippen molar-refractivity contribution < 1.29 is 15.0 Å². The molecule has 1 saturated heterocycles. The third-order valence-electron chi connectivity index (χ3n) is 5.70. The molecule has 1 heterocycles. The lowest BCUT2D eigenvalue weighted by molar-refractivity contribution is -0.134. The number of hydrogen-bond donors (Lipinski definition) is 2. The van der Waals surface area contributed by atoms with E-state index in [2.05, 4.69) is 0 Å². The Morgan fingerprint density at radius 2 is 1.56 bits per heavy atom. The van der Waals surface area contributed by atoms with E-state index < -0.39 is 11.0 Å². The highest BCUT2D eigenvalue weighted by Gasteiger charge is 2.55. The summed E-state index contributed by atoms with van der Waals surface area (Å²) in [4.78, 5) is 14.9. The molecule has 1 saturated carbocycles. The zero-order valence-corrected chi connectivity index (χ0v) is 14.4. The molecular weight excluding hydrogens is 314 g/mol. The summed E-state index contributed by atoms with van der Waals surface area (Å²) in [5, 5.41) is 20.5. The van der Waals surface area contributed by atoms with Gasteiger partial charge in [-0.05, 0) is 49.4 Å². The molecule has 2 fully saturated rings. The first-order valence-corrected chi connectivity index (χ1v) is 8.81. The molecule has 0 radical (unpaired) electrons. The summed E-state index contributed by atoms with van der Waals surface area (Å²) < 4.78 is 0. The summed E-state index contributed by atoms with van der Waals surface area (Å²) in [5.74, 6) is 0.308. The van der Waals surface area contributed by atoms with Crippen molar-refractivity contribution >= 4 is 5.91 Å². The molecule has 2 aromatic rings. The van der Waals surface area contributed by atoms with E-state index in [0.29, 0.717) is 19.5 Å². The van der Waals surface area contributed by atoms with Crippen LogP contribution in [-0.2, 0) is 15.8 Å². The van der Waals surface area contributed by atoms with Crippen LogP contribution in [0.5, 0.6) is 5.75 Å². The maximum atomic E-state index is 13.1. The first-order valence-electron chi connectivity index (χ1n) is 8.81. The quantitative estimate of drug-likeness (QED) is 0.905. The number of β-amino-alcohol motifs (C(OH)–C–C–N with tert-alkyl or cyclic N) is 1. The fourth-order valence-electron chi connectivity index (χ4n) is 3.90. The lowest BCUT2D eigenvalue weighted by atomic mass is 9.92. The number of aryl methyl sites for hydroxylation is 1. The molecule has 4 heteroatoms. The highest BCUT2D eigenvalue weighted by atomic mass is 16.3. The Kier molecular flexibility index (Phi) is 3.62. The molecule has 130 valence electrons. The van der Waals surface area contributed by atoms with Crippen LogP contribution in [-0.4, -0.2) is 34.1 Å². The van der Waals surface area contributed by atoms with Gasteiger partial charge in [0.25, 0.3) is 0 Å². The fraction of sp³-hybridized carbons (Fsp3) is 0.381. The highest BCUT2D eigenvalue weighted by molar-refractivity contribution is 5.91. The molecule has 0 bridgehead atoms. The van der Waals surface area contributed by atoms with Crippen molar-refractivity contribution in [1.82, 2.24) is 4.90 Å². The number of carbonyl (C=O) groups excluding carboxylic acids is 1. The van der Waals surface area contributed by atoms with Gasteiger partial charge < -0.3 is 15.1 Å². The third-order valence-corrected chi connectivity index (χ3v) is 5.70. The lowest BCUT2D eigenvalue weighted by Crippen LogP contribution is -2.40. The van der Waals surface area contributed by atoms with Crippen molar-refractivity contribution in [3.05, 3.63) is 65.2 Å². The second kappa shape index (κ2) is 5.60. The fourth-order valence-corrected chi connectivity index (χ4v) is 3.90. The number of hydrogen-bond acceptors (Lipinski definition) is 3. The predicted molar refractivity (Wildman–Crippen MR) is 95.3 cm³/mol. The predicted octanol–water partition coefficient (Wildman–Crippen LogP) is 2.85. The minimum Gasteiger partial charge on any atom is -0.508 e. The molecule has 1 aliphatic heterocycles. The van der Waals surface area contributed by atoms with Crippen molar-refractivity contribution in [2.24, 2.45) is 0 Å². The Bertz CT molecular complexity index is 793. The molecule has 0 aromatic heterocycles. The van der Waals surface area contributed by atoms with E-state index in [1.807, 2.05) is 43.3 Å². The zero-order valence-electron chi connectivity index (χ0n) is 14.4. The lowest BCUT2D eigenvalue weighted by Gasteiger charge is -2.27. The second-order valence-corrected chi connectivity index (χ2v) is 7.50. The Morgan fingerprint density at radius 3 is 2.16 bits per heavy atom. The largest absolute Gasteiger partial charge is 0.508 e. The Hall–Kier alpha value is -2.33. The van der Waals surface area contributed by atoms with Gasteiger partial charge in [-0.2, -0.15) is 0 Å². The van der Waals surface area contributed by atoms with Crippen molar-refractivity contribution in [3.63, 3.8) is 0 Å². The second-order valence-electron chi connectivity index (χ2n) is 7.50. The van der Waals surface area contributed by atoms with E-state index >= 15 is 0 Å². The first-order chi connectivity index (χ1) is 11.9. The number of aromatic hydroxyl groups is 1. The van der Waals surface area contributed by atoms with Gasteiger partial charge in [0, 0.05) is 6.54 Å². The maximum absolute atomic E-state index is 13.1. The smallest absolute Gasteiger partial charge is 0.233 e. The van der Waals surface area contributed by atoms with Gasteiger partial charge in [-0.25, -0.2) is 0 Å². The van der Waals surface area contributed by atoms with E-state index in [-0.39, 0.29) is 11.7 Å². The van der Waals surface area contributed by atoms with Crippen LogP contribution >= 0.6 is 0 Å². The number of rotatable bonds is 3. The summed E-state index contributed by atoms with van der Waals surface area (Å²) in [5.41, 5.74) is 1.56. The van der Waals surface area contributed by atoms with Crippen LogP contribution in [0.1, 0.15) is 36.0 Å². The van der Waals surface area contributed by atoms with Crippen molar-refractivity contribution in [2.75, 3.05) is 13.1 Å². The van der Waals surface area contributed by atoms with Crippen LogP contribution in [0.3, 0.4) is 0 Å². The van der Waals surface area contributed by atoms with E-state index in [4.69, 9.17) is 0 Å². The van der Waals surface area contributed by atoms with Gasteiger partial charge in [-0.15, -0.1) is 0 Å². The normalized spacial score (nSPS) is 24.3. The van der Waals surface area contributed by atoms with Gasteiger partial charge in [-0.1, -0.05) is 42.0 Å². The van der Waals surface area contributed by atoms with Crippen LogP contribution in [0.25, 0.3) is 0 Å². The van der Waals surface area contributed by atoms with Crippen LogP contribution in [0.15, 0.2) is 48.5 Å². The van der Waals surface area contributed by atoms with E-state index in [9.17, 15) is 15.0 Å². The van der Waals surface area contributed by atoms with Crippen molar-refractivity contribution in [1.29, 1.82) is 0 Å². The molecule has 2 aliphatic rings. The summed E-state index contributed by atoms with van der Waals surface area (Å²) >= 11 is 0. The van der Waals surface area contributed by atoms with Crippen LogP contribution in [0.4, 0.5) is 0 Å². The number of nitrogens with zero attached hydrogens (tertiary/aromatic N) is 1. The van der Waals surface area contributed by atoms with Gasteiger partial charge in [0.2, 0.25) is 5.91 Å². The summed E-state index contributed by atoms with van der Waals surface area (Å²) in [6.45, 7) is 2.94. The standard InChI is InChI=1S/C21H23NO3/c1-15-2-4-17(5-3-15)21(25)12-13-22(14-21)19(24)20(10-11-20)16-6-8-18(23)9-7-16/h2-9,23,25H,10-14H2,1H3. The van der Waals surface area contributed by atoms with E-state index in [1.54, 1.807) is 17.0 Å². The van der Waals surface area contributed by atoms with Crippen LogP contribution < -0.4 is 0 Å². The SMILES string of the molecule is Cc1ccc(C2(O)CCN(C(=O)C3(c4ccc(O)cc4)CC3)C2)cc1. The van der Waals surface area contributed by atoms with Gasteiger partial charge in [0.15, 0.2) is 0 Å². The topological polar surface area (TPSA) is 60.8 Å². The molecule has 25 heavy (non-hydrogen) atoms. The van der Waals surface area contributed by atoms with Crippen LogP contribution in [0, 0.1) is 6.92 Å². The number of aliphatic hydroxyl groups is 1. The Balaban J connectivity index is 1.54. The molecule has 1 amide bonds. The van der Waals surface area contributed by atoms with Crippen molar-refractivity contribution in [2.45, 2.75) is 37.2 Å². The molecule has 1 unspecified atom stereocenters. The van der Waals surface area contributed by atoms with Gasteiger partial charge in [-0.3, -0.25) is 4.79 Å². The number of phenolic OH excluding ortho intramolecular Hbond substituents is 1. The molecule has 2 aromatic carbocycles. The summed E-state index contributed by atoms with van der Waals surface area (Å²) in [7, 11) is 0. The number of likely N-dealkylation sites (tertiary alicyclic amines) is 1. The van der Waals surface area contributed by atoms with Crippen LogP contribution in [0.2, 0.25) is 0 Å². The number of phenols is 1. The van der Waals surface area contributed by atoms with E-state index in [0.717, 1.165) is 29.5 Å². The van der Waals surface area contributed by atoms with Crippen molar-refractivity contribution in [3.8, 4) is 5.75 Å². The number of benzene rings is 2. The van der Waals surface area contributed by atoms with E-state index in [1.165, 1.54) is 0 Å². The zero-order chi connectivity index (χ0) is 17.7. The summed E-state index contributed by atoms with van der Waals surface area (Å²) in [6.07, 6.45) is 2.22. The minimum atomic E-state index is -0.964. The molecular formula is C21H23NO3. The molecule has 1 aliphatic carbocycles. The van der Waals surface area contributed by atoms with Gasteiger partial charge in [0.05, 0.1) is 12.0 Å².